The van der Waals surface area contributed by atoms with Crippen molar-refractivity contribution < 1.29 is 8.83 Å². The highest BCUT2D eigenvalue weighted by Crippen LogP contribution is 2.48. The van der Waals surface area contributed by atoms with Gasteiger partial charge >= 0.3 is 0 Å². The van der Waals surface area contributed by atoms with Crippen LogP contribution in [0, 0.1) is 0 Å². The van der Waals surface area contributed by atoms with Gasteiger partial charge < -0.3 is 13.7 Å². The molecule has 0 amide bonds. The summed E-state index contributed by atoms with van der Waals surface area (Å²) in [5, 5.41) is 6.70. The monoisotopic (exact) mass is 703 g/mol. The standard InChI is InChI=1S/C52H33NO2/c1-3-13-34(14-4-1)36-25-29-38(30-26-36)53(39-31-27-37(28-32-39)35-15-5-2-6-16-35)45-21-12-24-48-52(45)51-41-18-8-7-17-40(41)44(33-49(51)55-48)42-20-11-23-47-50(42)43-19-9-10-22-46(43)54-47/h1-33H. The van der Waals surface area contributed by atoms with Gasteiger partial charge in [-0.15, -0.1) is 0 Å². The lowest BCUT2D eigenvalue weighted by atomic mass is 9.92. The number of hydrogen-bond donors (Lipinski definition) is 0. The number of nitrogens with zero attached hydrogens (tertiary/aromatic N) is 1. The van der Waals surface area contributed by atoms with E-state index in [1.807, 2.05) is 12.1 Å². The van der Waals surface area contributed by atoms with E-state index in [1.165, 1.54) is 22.3 Å². The summed E-state index contributed by atoms with van der Waals surface area (Å²) in [5.41, 5.74) is 13.6. The van der Waals surface area contributed by atoms with Gasteiger partial charge in [0.1, 0.15) is 22.3 Å². The average molecular weight is 704 g/mol. The Balaban J connectivity index is 1.15. The lowest BCUT2D eigenvalue weighted by Gasteiger charge is -2.27. The molecule has 0 radical (unpaired) electrons. The predicted octanol–water partition coefficient (Wildman–Crippen LogP) is 15.1. The minimum Gasteiger partial charge on any atom is -0.456 e. The fraction of sp³-hybridized carbons (Fsp3) is 0. The summed E-state index contributed by atoms with van der Waals surface area (Å²) in [7, 11) is 0. The predicted molar refractivity (Wildman–Crippen MR) is 229 cm³/mol. The lowest BCUT2D eigenvalue weighted by Crippen LogP contribution is -2.10. The van der Waals surface area contributed by atoms with E-state index in [0.717, 1.165) is 82.8 Å². The summed E-state index contributed by atoms with van der Waals surface area (Å²) in [4.78, 5) is 2.36. The third-order valence-corrected chi connectivity index (χ3v) is 10.9. The molecule has 0 N–H and O–H groups in total. The molecule has 0 saturated heterocycles. The van der Waals surface area contributed by atoms with E-state index in [2.05, 4.69) is 193 Å². The maximum absolute atomic E-state index is 6.87. The molecular formula is C52H33NO2. The smallest absolute Gasteiger partial charge is 0.137 e. The summed E-state index contributed by atoms with van der Waals surface area (Å²) in [5.74, 6) is 0. The van der Waals surface area contributed by atoms with Gasteiger partial charge in [-0.1, -0.05) is 146 Å². The molecule has 2 aromatic heterocycles. The van der Waals surface area contributed by atoms with Crippen molar-refractivity contribution in [2.75, 3.05) is 4.90 Å². The van der Waals surface area contributed by atoms with Crippen molar-refractivity contribution in [1.82, 2.24) is 0 Å². The maximum Gasteiger partial charge on any atom is 0.137 e. The lowest BCUT2D eigenvalue weighted by molar-refractivity contribution is 0.668. The van der Waals surface area contributed by atoms with Crippen molar-refractivity contribution in [2.24, 2.45) is 0 Å². The quantitative estimate of drug-likeness (QED) is 0.173. The molecule has 0 atom stereocenters. The van der Waals surface area contributed by atoms with Crippen LogP contribution in [0.2, 0.25) is 0 Å². The van der Waals surface area contributed by atoms with Gasteiger partial charge in [-0.25, -0.2) is 0 Å². The highest BCUT2D eigenvalue weighted by molar-refractivity contribution is 6.27. The van der Waals surface area contributed by atoms with Crippen molar-refractivity contribution in [3.63, 3.8) is 0 Å². The second kappa shape index (κ2) is 12.6. The molecule has 0 spiro atoms. The first-order valence-electron chi connectivity index (χ1n) is 18.7. The van der Waals surface area contributed by atoms with Crippen molar-refractivity contribution >= 4 is 71.7 Å². The number of hydrogen-bond acceptors (Lipinski definition) is 3. The molecule has 11 aromatic rings. The van der Waals surface area contributed by atoms with Crippen LogP contribution in [0.3, 0.4) is 0 Å². The largest absolute Gasteiger partial charge is 0.456 e. The Bertz CT molecular complexity index is 3090. The Hall–Kier alpha value is -7.36. The molecule has 9 aromatic carbocycles. The van der Waals surface area contributed by atoms with Gasteiger partial charge in [-0.3, -0.25) is 0 Å². The van der Waals surface area contributed by atoms with Crippen LogP contribution >= 0.6 is 0 Å². The molecule has 0 fully saturated rings. The topological polar surface area (TPSA) is 29.5 Å². The van der Waals surface area contributed by atoms with Crippen LogP contribution in [0.25, 0.3) is 88.0 Å². The van der Waals surface area contributed by atoms with Gasteiger partial charge in [-0.2, -0.15) is 0 Å². The molecule has 0 saturated carbocycles. The molecule has 0 bridgehead atoms. The zero-order valence-corrected chi connectivity index (χ0v) is 29.8. The van der Waals surface area contributed by atoms with Gasteiger partial charge in [0.2, 0.25) is 0 Å². The van der Waals surface area contributed by atoms with E-state index in [-0.39, 0.29) is 0 Å². The zero-order valence-electron chi connectivity index (χ0n) is 29.8. The molecule has 0 aliphatic rings. The third-order valence-electron chi connectivity index (χ3n) is 10.9. The van der Waals surface area contributed by atoms with Crippen molar-refractivity contribution in [1.29, 1.82) is 0 Å². The van der Waals surface area contributed by atoms with Crippen LogP contribution in [-0.4, -0.2) is 0 Å². The minimum absolute atomic E-state index is 0.841. The van der Waals surface area contributed by atoms with Gasteiger partial charge in [0.05, 0.1) is 11.1 Å². The van der Waals surface area contributed by atoms with E-state index in [9.17, 15) is 0 Å². The van der Waals surface area contributed by atoms with E-state index < -0.39 is 0 Å². The van der Waals surface area contributed by atoms with E-state index in [1.54, 1.807) is 0 Å². The second-order valence-corrected chi connectivity index (χ2v) is 14.0. The van der Waals surface area contributed by atoms with Crippen LogP contribution in [-0.2, 0) is 0 Å². The molecule has 0 unspecified atom stereocenters. The van der Waals surface area contributed by atoms with Crippen LogP contribution < -0.4 is 4.90 Å². The van der Waals surface area contributed by atoms with Crippen LogP contribution in [0.15, 0.2) is 209 Å². The summed E-state index contributed by atoms with van der Waals surface area (Å²) in [6.45, 7) is 0. The molecule has 3 heteroatoms. The Morgan fingerprint density at radius 2 is 0.782 bits per heavy atom. The first-order valence-corrected chi connectivity index (χ1v) is 18.7. The SMILES string of the molecule is c1ccc(-c2ccc(N(c3ccc(-c4ccccc4)cc3)c3cccc4oc5cc(-c6cccc7oc8ccccc8c67)c6ccccc6c5c34)cc2)cc1. The van der Waals surface area contributed by atoms with Crippen molar-refractivity contribution in [3.05, 3.63) is 200 Å². The van der Waals surface area contributed by atoms with Gasteiger partial charge in [0.15, 0.2) is 0 Å². The number of benzene rings is 9. The third kappa shape index (κ3) is 5.13. The highest BCUT2D eigenvalue weighted by atomic mass is 16.3. The zero-order chi connectivity index (χ0) is 36.3. The van der Waals surface area contributed by atoms with Gasteiger partial charge in [0.25, 0.3) is 0 Å². The average Bonchev–Trinajstić information content (AvgIpc) is 3.84. The number of fused-ring (bicyclic) bond motifs is 8. The first kappa shape index (κ1) is 31.2. The Labute approximate surface area is 317 Å². The second-order valence-electron chi connectivity index (χ2n) is 14.0. The first-order chi connectivity index (χ1) is 27.3. The Morgan fingerprint density at radius 1 is 0.291 bits per heavy atom. The number of anilines is 3. The fourth-order valence-electron chi connectivity index (χ4n) is 8.37. The van der Waals surface area contributed by atoms with Crippen molar-refractivity contribution in [2.45, 2.75) is 0 Å². The molecule has 55 heavy (non-hydrogen) atoms. The van der Waals surface area contributed by atoms with Crippen LogP contribution in [0.5, 0.6) is 0 Å². The Morgan fingerprint density at radius 3 is 1.44 bits per heavy atom. The molecule has 0 aliphatic heterocycles. The highest BCUT2D eigenvalue weighted by Gasteiger charge is 2.23. The molecule has 258 valence electrons. The van der Waals surface area contributed by atoms with Crippen LogP contribution in [0.4, 0.5) is 17.1 Å². The van der Waals surface area contributed by atoms with Gasteiger partial charge in [0, 0.05) is 27.5 Å². The Kier molecular flexibility index (Phi) is 7.17. The number of rotatable bonds is 6. The number of para-hydroxylation sites is 1. The maximum atomic E-state index is 6.87. The van der Waals surface area contributed by atoms with E-state index >= 15 is 0 Å². The summed E-state index contributed by atoms with van der Waals surface area (Å²) in [6, 6.07) is 70.8. The summed E-state index contributed by atoms with van der Waals surface area (Å²) >= 11 is 0. The van der Waals surface area contributed by atoms with Crippen LogP contribution in [0.1, 0.15) is 0 Å². The molecule has 0 aliphatic carbocycles. The van der Waals surface area contributed by atoms with Gasteiger partial charge in [-0.05, 0) is 98.8 Å². The van der Waals surface area contributed by atoms with E-state index in [4.69, 9.17) is 8.83 Å². The van der Waals surface area contributed by atoms with Crippen molar-refractivity contribution in [3.8, 4) is 33.4 Å². The minimum atomic E-state index is 0.841. The summed E-state index contributed by atoms with van der Waals surface area (Å²) in [6.07, 6.45) is 0. The molecular weight excluding hydrogens is 671 g/mol. The number of furan rings is 2. The molecule has 11 rings (SSSR count). The normalized spacial score (nSPS) is 11.6. The molecule has 3 nitrogen and oxygen atoms in total. The molecule has 2 heterocycles. The fourth-order valence-corrected chi connectivity index (χ4v) is 8.37. The van der Waals surface area contributed by atoms with E-state index in [0.29, 0.717) is 0 Å². The summed E-state index contributed by atoms with van der Waals surface area (Å²) < 4.78 is 13.2.